The first-order valence-electron chi connectivity index (χ1n) is 10.0. The van der Waals surface area contributed by atoms with Gasteiger partial charge in [-0.25, -0.2) is 0 Å². The van der Waals surface area contributed by atoms with E-state index < -0.39 is 46.7 Å². The highest BCUT2D eigenvalue weighted by molar-refractivity contribution is 5.68. The molecule has 2 heterocycles. The second-order valence-electron chi connectivity index (χ2n) is 8.91. The average Bonchev–Trinajstić information content (AvgIpc) is 3.40. The molecule has 1 saturated carbocycles. The van der Waals surface area contributed by atoms with E-state index >= 15 is 0 Å². The Bertz CT molecular complexity index is 784. The average molecular weight is 408 g/mol. The molecule has 4 aliphatic rings. The van der Waals surface area contributed by atoms with Crippen molar-refractivity contribution in [1.82, 2.24) is 0 Å². The summed E-state index contributed by atoms with van der Waals surface area (Å²) in [6.07, 6.45) is 1.00. The van der Waals surface area contributed by atoms with Crippen molar-refractivity contribution in [2.24, 2.45) is 10.8 Å². The molecule has 8 nitrogen and oxygen atoms in total. The van der Waals surface area contributed by atoms with Crippen molar-refractivity contribution in [3.8, 4) is 0 Å². The van der Waals surface area contributed by atoms with Crippen LogP contribution in [0.5, 0.6) is 0 Å². The highest BCUT2D eigenvalue weighted by atomic mass is 16.7. The van der Waals surface area contributed by atoms with E-state index in [1.165, 1.54) is 26.3 Å². The Kier molecular flexibility index (Phi) is 4.59. The first kappa shape index (κ1) is 20.3. The number of hydrogen-bond donors (Lipinski definition) is 0. The molecule has 2 aliphatic heterocycles. The smallest absolute Gasteiger partial charge is 0.303 e. The number of hydrogen-bond acceptors (Lipinski definition) is 8. The van der Waals surface area contributed by atoms with Crippen molar-refractivity contribution in [3.05, 3.63) is 11.6 Å². The third-order valence-electron chi connectivity index (χ3n) is 7.36. The second-order valence-corrected chi connectivity index (χ2v) is 8.91. The van der Waals surface area contributed by atoms with Gasteiger partial charge in [-0.3, -0.25) is 14.4 Å². The van der Waals surface area contributed by atoms with Gasteiger partial charge in [0.05, 0.1) is 18.1 Å². The Labute approximate surface area is 169 Å². The maximum absolute atomic E-state index is 12.0. The lowest BCUT2D eigenvalue weighted by atomic mass is 9.51. The van der Waals surface area contributed by atoms with Crippen molar-refractivity contribution >= 4 is 17.9 Å². The maximum Gasteiger partial charge on any atom is 0.303 e. The lowest BCUT2D eigenvalue weighted by Crippen LogP contribution is -2.66. The fraction of sp³-hybridized carbons (Fsp3) is 0.762. The molecule has 7 atom stereocenters. The quantitative estimate of drug-likeness (QED) is 0.300. The van der Waals surface area contributed by atoms with Gasteiger partial charge in [-0.05, 0) is 19.8 Å². The van der Waals surface area contributed by atoms with E-state index in [-0.39, 0.29) is 18.7 Å². The zero-order valence-corrected chi connectivity index (χ0v) is 17.5. The molecule has 0 amide bonds. The first-order valence-corrected chi connectivity index (χ1v) is 10.0. The van der Waals surface area contributed by atoms with Crippen LogP contribution in [0.25, 0.3) is 0 Å². The molecule has 2 aliphatic carbocycles. The Morgan fingerprint density at radius 1 is 1.14 bits per heavy atom. The van der Waals surface area contributed by atoms with E-state index in [2.05, 4.69) is 6.08 Å². The molecule has 29 heavy (non-hydrogen) atoms. The molecule has 2 bridgehead atoms. The number of epoxide rings is 1. The van der Waals surface area contributed by atoms with Gasteiger partial charge < -0.3 is 23.7 Å². The van der Waals surface area contributed by atoms with Gasteiger partial charge in [-0.1, -0.05) is 18.6 Å². The van der Waals surface area contributed by atoms with Crippen LogP contribution in [0, 0.1) is 10.8 Å². The van der Waals surface area contributed by atoms with Gasteiger partial charge in [0.1, 0.15) is 18.3 Å². The van der Waals surface area contributed by atoms with Crippen LogP contribution in [0.3, 0.4) is 0 Å². The molecular weight excluding hydrogens is 380 g/mol. The van der Waals surface area contributed by atoms with E-state index in [0.717, 1.165) is 6.42 Å². The lowest BCUT2D eigenvalue weighted by Gasteiger charge is -2.57. The minimum Gasteiger partial charge on any atom is -0.465 e. The summed E-state index contributed by atoms with van der Waals surface area (Å²) in [5.74, 6) is -1.34. The van der Waals surface area contributed by atoms with E-state index in [9.17, 15) is 14.4 Å². The standard InChI is InChI=1S/C21H28O8/c1-11-6-7-20(9-25-12(2)22)15(8-11)29-18-16(27-13(3)23)17(28-14(4)24)19(20,5)21(18)10-26-21/h8,15-18H,6-7,9-10H2,1-5H3/t15-,16-,17-,18-,19-,20-,21+/m1/s1. The molecular formula is C21H28O8. The fourth-order valence-corrected chi connectivity index (χ4v) is 5.88. The number of rotatable bonds is 4. The van der Waals surface area contributed by atoms with Crippen LogP contribution in [0.15, 0.2) is 11.6 Å². The minimum atomic E-state index is -0.794. The molecule has 4 rings (SSSR count). The van der Waals surface area contributed by atoms with Crippen LogP contribution in [0.1, 0.15) is 47.5 Å². The van der Waals surface area contributed by atoms with Crippen molar-refractivity contribution < 1.29 is 38.1 Å². The molecule has 3 fully saturated rings. The number of esters is 3. The van der Waals surface area contributed by atoms with Crippen molar-refractivity contribution in [3.63, 3.8) is 0 Å². The number of fused-ring (bicyclic) bond motifs is 2. The number of ether oxygens (including phenoxy) is 5. The van der Waals surface area contributed by atoms with E-state index in [1.807, 2.05) is 13.8 Å². The summed E-state index contributed by atoms with van der Waals surface area (Å²) in [5.41, 5.74) is -1.04. The molecule has 160 valence electrons. The normalized spacial score (nSPS) is 44.5. The van der Waals surface area contributed by atoms with Crippen molar-refractivity contribution in [1.29, 1.82) is 0 Å². The van der Waals surface area contributed by atoms with E-state index in [0.29, 0.717) is 13.0 Å². The lowest BCUT2D eigenvalue weighted by molar-refractivity contribution is -0.233. The molecule has 2 saturated heterocycles. The molecule has 0 N–H and O–H groups in total. The molecule has 0 unspecified atom stereocenters. The summed E-state index contributed by atoms with van der Waals surface area (Å²) in [4.78, 5) is 35.6. The van der Waals surface area contributed by atoms with Gasteiger partial charge in [0.2, 0.25) is 0 Å². The van der Waals surface area contributed by atoms with Gasteiger partial charge in [0, 0.05) is 26.2 Å². The largest absolute Gasteiger partial charge is 0.465 e. The van der Waals surface area contributed by atoms with Crippen molar-refractivity contribution in [2.45, 2.75) is 77.5 Å². The number of carbonyl (C=O) groups is 3. The maximum atomic E-state index is 12.0. The van der Waals surface area contributed by atoms with Crippen molar-refractivity contribution in [2.75, 3.05) is 13.2 Å². The zero-order valence-electron chi connectivity index (χ0n) is 17.5. The summed E-state index contributed by atoms with van der Waals surface area (Å²) in [7, 11) is 0. The van der Waals surface area contributed by atoms with Gasteiger partial charge in [-0.15, -0.1) is 0 Å². The van der Waals surface area contributed by atoms with Gasteiger partial charge in [0.25, 0.3) is 0 Å². The Hall–Kier alpha value is -1.93. The summed E-state index contributed by atoms with van der Waals surface area (Å²) >= 11 is 0. The highest BCUT2D eigenvalue weighted by Crippen LogP contribution is 2.72. The van der Waals surface area contributed by atoms with Gasteiger partial charge >= 0.3 is 17.9 Å². The molecule has 1 spiro atoms. The monoisotopic (exact) mass is 408 g/mol. The molecule has 8 heteroatoms. The molecule has 0 aromatic heterocycles. The first-order chi connectivity index (χ1) is 13.6. The summed E-state index contributed by atoms with van der Waals surface area (Å²) in [6, 6.07) is 0. The third-order valence-corrected chi connectivity index (χ3v) is 7.36. The fourth-order valence-electron chi connectivity index (χ4n) is 5.88. The van der Waals surface area contributed by atoms with Crippen LogP contribution in [0.2, 0.25) is 0 Å². The van der Waals surface area contributed by atoms with E-state index in [4.69, 9.17) is 23.7 Å². The number of carbonyl (C=O) groups excluding carboxylic acids is 3. The Morgan fingerprint density at radius 2 is 1.79 bits per heavy atom. The molecule has 0 radical (unpaired) electrons. The predicted molar refractivity (Wildman–Crippen MR) is 98.6 cm³/mol. The second kappa shape index (κ2) is 6.54. The Morgan fingerprint density at radius 3 is 2.34 bits per heavy atom. The highest BCUT2D eigenvalue weighted by Gasteiger charge is 2.86. The van der Waals surface area contributed by atoms with Gasteiger partial charge in [0.15, 0.2) is 12.2 Å². The SMILES string of the molecule is CC(=O)OC[C@]12CCC(C)=C[C@H]1O[C@@H]1[C@H](OC(C)=O)[C@@H](OC(C)=O)[C@@]2(C)[C@]12CO2. The predicted octanol–water partition coefficient (Wildman–Crippen LogP) is 1.70. The number of allylic oxidation sites excluding steroid dienone is 1. The summed E-state index contributed by atoms with van der Waals surface area (Å²) < 4.78 is 29.4. The van der Waals surface area contributed by atoms with Crippen LogP contribution in [-0.4, -0.2) is 61.1 Å². The van der Waals surface area contributed by atoms with E-state index in [1.54, 1.807) is 0 Å². The topological polar surface area (TPSA) is 101 Å². The Balaban J connectivity index is 1.87. The minimum absolute atomic E-state index is 0.107. The zero-order chi connectivity index (χ0) is 21.2. The third kappa shape index (κ3) is 2.68. The molecule has 0 aromatic rings. The van der Waals surface area contributed by atoms with Crippen LogP contribution in [-0.2, 0) is 38.1 Å². The van der Waals surface area contributed by atoms with Crippen LogP contribution < -0.4 is 0 Å². The van der Waals surface area contributed by atoms with Gasteiger partial charge in [-0.2, -0.15) is 0 Å². The summed E-state index contributed by atoms with van der Waals surface area (Å²) in [5, 5.41) is 0. The van der Waals surface area contributed by atoms with Crippen LogP contribution >= 0.6 is 0 Å². The molecule has 0 aromatic carbocycles. The summed E-state index contributed by atoms with van der Waals surface area (Å²) in [6.45, 7) is 8.57. The van der Waals surface area contributed by atoms with Crippen LogP contribution in [0.4, 0.5) is 0 Å².